The number of nitrogens with zero attached hydrogens (tertiary/aromatic N) is 3. The topological polar surface area (TPSA) is 171 Å². The molecule has 0 amide bonds. The van der Waals surface area contributed by atoms with Gasteiger partial charge in [-0.05, 0) is 24.3 Å². The molecular weight excluding hydrogens is 530 g/mol. The third kappa shape index (κ3) is 6.27. The summed E-state index contributed by atoms with van der Waals surface area (Å²) >= 11 is 6.28. The molecule has 1 aromatic carbocycles. The third-order valence-electron chi connectivity index (χ3n) is 5.24. The van der Waals surface area contributed by atoms with E-state index >= 15 is 0 Å². The summed E-state index contributed by atoms with van der Waals surface area (Å²) in [7, 11) is -4.87. The number of aromatic nitrogens is 3. The minimum atomic E-state index is -3.50. The summed E-state index contributed by atoms with van der Waals surface area (Å²) < 4.78 is 52.1. The molecule has 0 aliphatic carbocycles. The van der Waals surface area contributed by atoms with Gasteiger partial charge in [0, 0.05) is 13.1 Å². The second kappa shape index (κ2) is 10.6. The van der Waals surface area contributed by atoms with Gasteiger partial charge in [0.05, 0.1) is 42.4 Å². The first-order chi connectivity index (χ1) is 17.1. The van der Waals surface area contributed by atoms with Crippen LogP contribution in [0.25, 0.3) is 0 Å². The number of hydrogen-bond donors (Lipinski definition) is 6. The van der Waals surface area contributed by atoms with Gasteiger partial charge >= 0.3 is 0 Å². The van der Waals surface area contributed by atoms with Crippen molar-refractivity contribution in [2.45, 2.75) is 5.25 Å². The Morgan fingerprint density at radius 1 is 1.11 bits per heavy atom. The minimum absolute atomic E-state index is 0.173. The zero-order valence-corrected chi connectivity index (χ0v) is 21.8. The first-order valence-corrected chi connectivity index (χ1v) is 14.7. The normalized spacial score (nSPS) is 18.2. The highest BCUT2D eigenvalue weighted by atomic mass is 35.5. The van der Waals surface area contributed by atoms with E-state index in [4.69, 9.17) is 16.3 Å². The zero-order valence-electron chi connectivity index (χ0n) is 19.4. The summed E-state index contributed by atoms with van der Waals surface area (Å²) in [5, 5.41) is 8.87. The molecule has 4 rings (SSSR count). The van der Waals surface area contributed by atoms with E-state index in [0.717, 1.165) is 6.26 Å². The number of methoxy groups -OCH3 is 1. The Morgan fingerprint density at radius 2 is 1.86 bits per heavy atom. The summed E-state index contributed by atoms with van der Waals surface area (Å²) in [6, 6.07) is 10.1. The number of rotatable bonds is 8. The van der Waals surface area contributed by atoms with Crippen LogP contribution in [-0.4, -0.2) is 64.7 Å². The fraction of sp³-hybridized carbons (Fsp3) is 0.286. The third-order valence-corrected chi connectivity index (χ3v) is 8.23. The van der Waals surface area contributed by atoms with E-state index in [1.54, 1.807) is 36.4 Å². The maximum atomic E-state index is 11.7. The number of ether oxygens (including phenoxy) is 1. The Kier molecular flexibility index (Phi) is 7.73. The molecule has 2 aromatic heterocycles. The van der Waals surface area contributed by atoms with Crippen LogP contribution in [0.2, 0.25) is 5.02 Å². The Hall–Kier alpha value is -2.88. The van der Waals surface area contributed by atoms with Crippen molar-refractivity contribution in [2.24, 2.45) is 0 Å². The smallest absolute Gasteiger partial charge is 0.237 e. The molecule has 15 heteroatoms. The van der Waals surface area contributed by atoms with Crippen LogP contribution in [0.5, 0.6) is 5.88 Å². The van der Waals surface area contributed by atoms with E-state index in [0.29, 0.717) is 35.8 Å². The Balaban J connectivity index is 1.58. The van der Waals surface area contributed by atoms with Gasteiger partial charge in [0.1, 0.15) is 16.0 Å². The number of halogens is 1. The molecule has 0 spiro atoms. The predicted molar refractivity (Wildman–Crippen MR) is 143 cm³/mol. The van der Waals surface area contributed by atoms with Gasteiger partial charge in [-0.3, -0.25) is 13.8 Å². The van der Waals surface area contributed by atoms with Gasteiger partial charge in [0.25, 0.3) is 0 Å². The first kappa shape index (κ1) is 26.2. The number of anilines is 5. The standard InChI is InChI=1S/C21H26ClN7O5S2/c1-34-20-17(8-7-16(26-20)18-12-23-9-10-36(18,32)33)27-21-24-11-13(22)19(28-21)25-14-5-3-4-6-15(14)29-35(2,30)31/h3-8,11,18,23,29,32-33H,9-10,12H2,1-2H3,(H2,24,25,27,28). The van der Waals surface area contributed by atoms with Gasteiger partial charge in [-0.2, -0.15) is 15.6 Å². The number of hydrogen-bond acceptors (Lipinski definition) is 11. The van der Waals surface area contributed by atoms with E-state index in [1.807, 2.05) is 0 Å². The Labute approximate surface area is 215 Å². The number of para-hydroxylation sites is 2. The lowest BCUT2D eigenvalue weighted by molar-refractivity contribution is 0.396. The summed E-state index contributed by atoms with van der Waals surface area (Å²) in [6.07, 6.45) is 2.45. The number of sulfonamides is 1. The molecule has 1 aliphatic rings. The van der Waals surface area contributed by atoms with Gasteiger partial charge in [-0.15, -0.1) is 0 Å². The van der Waals surface area contributed by atoms with E-state index in [1.165, 1.54) is 13.3 Å². The number of pyridine rings is 1. The molecule has 1 atom stereocenters. The van der Waals surface area contributed by atoms with E-state index in [-0.39, 0.29) is 28.4 Å². The van der Waals surface area contributed by atoms with Gasteiger partial charge < -0.3 is 20.7 Å². The molecular formula is C21H26ClN7O5S2. The molecule has 12 nitrogen and oxygen atoms in total. The molecule has 1 aliphatic heterocycles. The van der Waals surface area contributed by atoms with Crippen LogP contribution in [0.1, 0.15) is 10.9 Å². The van der Waals surface area contributed by atoms with Crippen molar-refractivity contribution in [1.29, 1.82) is 0 Å². The van der Waals surface area contributed by atoms with E-state index in [9.17, 15) is 17.5 Å². The second-order valence-corrected chi connectivity index (χ2v) is 12.5. The molecule has 0 bridgehead atoms. The molecule has 0 saturated carbocycles. The van der Waals surface area contributed by atoms with Crippen LogP contribution < -0.4 is 25.4 Å². The lowest BCUT2D eigenvalue weighted by Crippen LogP contribution is -2.36. The zero-order chi connectivity index (χ0) is 25.9. The van der Waals surface area contributed by atoms with Crippen LogP contribution >= 0.6 is 22.2 Å². The van der Waals surface area contributed by atoms with Gasteiger partial charge in [-0.25, -0.2) is 18.4 Å². The first-order valence-electron chi connectivity index (χ1n) is 10.7. The molecule has 1 fully saturated rings. The fourth-order valence-electron chi connectivity index (χ4n) is 3.56. The van der Waals surface area contributed by atoms with E-state index in [2.05, 4.69) is 35.6 Å². The lowest BCUT2D eigenvalue weighted by atomic mass is 10.2. The highest BCUT2D eigenvalue weighted by Gasteiger charge is 2.32. The van der Waals surface area contributed by atoms with Crippen LogP contribution in [0.3, 0.4) is 0 Å². The van der Waals surface area contributed by atoms with Crippen molar-refractivity contribution in [3.63, 3.8) is 0 Å². The van der Waals surface area contributed by atoms with Gasteiger partial charge in [0.2, 0.25) is 21.9 Å². The van der Waals surface area contributed by atoms with E-state index < -0.39 is 25.9 Å². The highest BCUT2D eigenvalue weighted by molar-refractivity contribution is 8.24. The van der Waals surface area contributed by atoms with Gasteiger partial charge in [0.15, 0.2) is 5.82 Å². The maximum Gasteiger partial charge on any atom is 0.237 e. The predicted octanol–water partition coefficient (Wildman–Crippen LogP) is 3.79. The molecule has 36 heavy (non-hydrogen) atoms. The average Bonchev–Trinajstić information content (AvgIpc) is 2.81. The Morgan fingerprint density at radius 3 is 2.56 bits per heavy atom. The molecule has 3 aromatic rings. The van der Waals surface area contributed by atoms with Crippen molar-refractivity contribution in [2.75, 3.05) is 47.6 Å². The number of benzene rings is 1. The number of nitrogens with one attached hydrogen (secondary N) is 4. The molecule has 1 unspecified atom stereocenters. The molecule has 3 heterocycles. The summed E-state index contributed by atoms with van der Waals surface area (Å²) in [4.78, 5) is 13.1. The van der Waals surface area contributed by atoms with Crippen LogP contribution in [-0.2, 0) is 10.0 Å². The molecule has 6 N–H and O–H groups in total. The minimum Gasteiger partial charge on any atom is -0.480 e. The molecule has 194 valence electrons. The second-order valence-electron chi connectivity index (χ2n) is 7.97. The summed E-state index contributed by atoms with van der Waals surface area (Å²) in [6.45, 7) is 0.935. The summed E-state index contributed by atoms with van der Waals surface area (Å²) in [5.74, 6) is 0.900. The fourth-order valence-corrected chi connectivity index (χ4v) is 5.91. The highest BCUT2D eigenvalue weighted by Crippen LogP contribution is 2.54. The quantitative estimate of drug-likeness (QED) is 0.239. The molecule has 1 saturated heterocycles. The Bertz CT molecular complexity index is 1360. The van der Waals surface area contributed by atoms with Crippen molar-refractivity contribution in [1.82, 2.24) is 20.3 Å². The van der Waals surface area contributed by atoms with Crippen molar-refractivity contribution >= 4 is 61.0 Å². The lowest BCUT2D eigenvalue weighted by Gasteiger charge is -2.43. The molecule has 0 radical (unpaired) electrons. The van der Waals surface area contributed by atoms with Crippen molar-refractivity contribution < 1.29 is 22.3 Å². The van der Waals surface area contributed by atoms with Crippen molar-refractivity contribution in [3.05, 3.63) is 53.3 Å². The summed E-state index contributed by atoms with van der Waals surface area (Å²) in [5.41, 5.74) is 1.72. The monoisotopic (exact) mass is 555 g/mol. The van der Waals surface area contributed by atoms with Crippen LogP contribution in [0, 0.1) is 0 Å². The van der Waals surface area contributed by atoms with Crippen LogP contribution in [0.15, 0.2) is 42.6 Å². The van der Waals surface area contributed by atoms with Crippen LogP contribution in [0.4, 0.5) is 28.8 Å². The SMILES string of the molecule is COc1nc(C2CNCCS2(O)O)ccc1Nc1ncc(Cl)c(Nc2ccccc2NS(C)(=O)=O)n1. The van der Waals surface area contributed by atoms with Crippen molar-refractivity contribution in [3.8, 4) is 5.88 Å². The largest absolute Gasteiger partial charge is 0.480 e. The van der Waals surface area contributed by atoms with Gasteiger partial charge in [-0.1, -0.05) is 23.7 Å². The average molecular weight is 556 g/mol. The maximum absolute atomic E-state index is 11.7.